The number of hydrogen-bond donors (Lipinski definition) is 0. The number of hydrogen-bond acceptors (Lipinski definition) is 2. The highest BCUT2D eigenvalue weighted by Crippen LogP contribution is 2.10. The van der Waals surface area contributed by atoms with Crippen molar-refractivity contribution in [1.82, 2.24) is 9.88 Å². The quantitative estimate of drug-likeness (QED) is 0.824. The Balaban J connectivity index is 1.82. The number of rotatable bonds is 3. The Kier molecular flexibility index (Phi) is 3.54. The molecule has 1 fully saturated rings. The van der Waals surface area contributed by atoms with Crippen molar-refractivity contribution in [2.75, 3.05) is 19.6 Å². The third kappa shape index (κ3) is 2.79. The molecule has 0 aromatic carbocycles. The van der Waals surface area contributed by atoms with Gasteiger partial charge in [0.15, 0.2) is 0 Å². The third-order valence-corrected chi connectivity index (χ3v) is 3.14. The lowest BCUT2D eigenvalue weighted by molar-refractivity contribution is 0.342. The summed E-state index contributed by atoms with van der Waals surface area (Å²) >= 11 is 3.39. The van der Waals surface area contributed by atoms with Crippen LogP contribution in [0.5, 0.6) is 0 Å². The largest absolute Gasteiger partial charge is 0.303 e. The Hall–Kier alpha value is -0.410. The molecule has 0 aliphatic carbocycles. The van der Waals surface area contributed by atoms with Crippen LogP contribution in [-0.2, 0) is 6.42 Å². The van der Waals surface area contributed by atoms with Crippen LogP contribution in [0.4, 0.5) is 0 Å². The highest BCUT2D eigenvalue weighted by Gasteiger charge is 2.10. The summed E-state index contributed by atoms with van der Waals surface area (Å²) in [5.74, 6) is 0. The van der Waals surface area contributed by atoms with Gasteiger partial charge in [0.05, 0.1) is 0 Å². The molecule has 0 saturated carbocycles. The van der Waals surface area contributed by atoms with E-state index < -0.39 is 0 Å². The summed E-state index contributed by atoms with van der Waals surface area (Å²) in [5.41, 5.74) is 1.19. The molecule has 14 heavy (non-hydrogen) atoms. The molecule has 0 amide bonds. The number of nitrogens with zero attached hydrogens (tertiary/aromatic N) is 2. The van der Waals surface area contributed by atoms with Gasteiger partial charge in [0.2, 0.25) is 0 Å². The Morgan fingerprint density at radius 3 is 2.71 bits per heavy atom. The second-order valence-corrected chi connectivity index (χ2v) is 4.68. The maximum absolute atomic E-state index is 4.37. The van der Waals surface area contributed by atoms with Crippen LogP contribution in [0.1, 0.15) is 18.5 Å². The highest BCUT2D eigenvalue weighted by atomic mass is 79.9. The van der Waals surface area contributed by atoms with Crippen LogP contribution in [0.2, 0.25) is 0 Å². The molecule has 0 atom stereocenters. The maximum Gasteiger partial charge on any atom is 0.0417 e. The van der Waals surface area contributed by atoms with Crippen molar-refractivity contribution in [2.24, 2.45) is 0 Å². The number of halogens is 1. The molecule has 0 bridgehead atoms. The van der Waals surface area contributed by atoms with Crippen LogP contribution < -0.4 is 0 Å². The maximum atomic E-state index is 4.37. The van der Waals surface area contributed by atoms with E-state index in [2.05, 4.69) is 37.9 Å². The molecular formula is C11H15BrN2. The second-order valence-electron chi connectivity index (χ2n) is 3.77. The molecule has 76 valence electrons. The highest BCUT2D eigenvalue weighted by molar-refractivity contribution is 9.10. The van der Waals surface area contributed by atoms with E-state index in [4.69, 9.17) is 0 Å². The molecule has 2 rings (SSSR count). The molecule has 0 N–H and O–H groups in total. The molecule has 0 spiro atoms. The van der Waals surface area contributed by atoms with E-state index >= 15 is 0 Å². The SMILES string of the molecule is Brc1ccc(CCN2CCCC2)nc1. The van der Waals surface area contributed by atoms with Gasteiger partial charge in [0.25, 0.3) is 0 Å². The third-order valence-electron chi connectivity index (χ3n) is 2.67. The summed E-state index contributed by atoms with van der Waals surface area (Å²) < 4.78 is 1.06. The fourth-order valence-electron chi connectivity index (χ4n) is 1.83. The fourth-order valence-corrected chi connectivity index (χ4v) is 2.07. The first kappa shape index (κ1) is 10.1. The summed E-state index contributed by atoms with van der Waals surface area (Å²) in [6, 6.07) is 4.16. The molecule has 2 heterocycles. The Morgan fingerprint density at radius 2 is 2.07 bits per heavy atom. The van der Waals surface area contributed by atoms with Crippen LogP contribution in [-0.4, -0.2) is 29.5 Å². The van der Waals surface area contributed by atoms with Crippen molar-refractivity contribution in [3.05, 3.63) is 28.5 Å². The summed E-state index contributed by atoms with van der Waals surface area (Å²) in [6.07, 6.45) is 5.69. The molecule has 0 radical (unpaired) electrons. The van der Waals surface area contributed by atoms with Crippen LogP contribution in [0.3, 0.4) is 0 Å². The van der Waals surface area contributed by atoms with Gasteiger partial charge in [-0.1, -0.05) is 0 Å². The van der Waals surface area contributed by atoms with E-state index in [9.17, 15) is 0 Å². The molecule has 2 nitrogen and oxygen atoms in total. The minimum absolute atomic E-state index is 1.06. The van der Waals surface area contributed by atoms with Gasteiger partial charge in [-0.05, 0) is 54.0 Å². The van der Waals surface area contributed by atoms with Gasteiger partial charge < -0.3 is 4.90 Å². The zero-order valence-corrected chi connectivity index (χ0v) is 9.83. The van der Waals surface area contributed by atoms with Gasteiger partial charge >= 0.3 is 0 Å². The molecule has 0 unspecified atom stereocenters. The van der Waals surface area contributed by atoms with Crippen molar-refractivity contribution >= 4 is 15.9 Å². The molecule has 1 aliphatic heterocycles. The van der Waals surface area contributed by atoms with Gasteiger partial charge in [-0.25, -0.2) is 0 Å². The summed E-state index contributed by atoms with van der Waals surface area (Å²) in [6.45, 7) is 3.71. The molecule has 1 saturated heterocycles. The van der Waals surface area contributed by atoms with Crippen LogP contribution in [0.15, 0.2) is 22.8 Å². The van der Waals surface area contributed by atoms with Crippen molar-refractivity contribution < 1.29 is 0 Å². The Morgan fingerprint density at radius 1 is 1.29 bits per heavy atom. The number of aromatic nitrogens is 1. The van der Waals surface area contributed by atoms with Gasteiger partial charge in [-0.2, -0.15) is 0 Å². The first-order valence-electron chi connectivity index (χ1n) is 5.17. The fraction of sp³-hybridized carbons (Fsp3) is 0.545. The molecule has 1 aromatic heterocycles. The minimum atomic E-state index is 1.06. The predicted molar refractivity (Wildman–Crippen MR) is 61.3 cm³/mol. The van der Waals surface area contributed by atoms with E-state index in [1.165, 1.54) is 31.6 Å². The normalized spacial score (nSPS) is 17.5. The summed E-state index contributed by atoms with van der Waals surface area (Å²) in [7, 11) is 0. The van der Waals surface area contributed by atoms with Crippen LogP contribution in [0, 0.1) is 0 Å². The average molecular weight is 255 g/mol. The van der Waals surface area contributed by atoms with Crippen molar-refractivity contribution in [2.45, 2.75) is 19.3 Å². The van der Waals surface area contributed by atoms with Crippen molar-refractivity contribution in [3.63, 3.8) is 0 Å². The lowest BCUT2D eigenvalue weighted by Crippen LogP contribution is -2.22. The monoisotopic (exact) mass is 254 g/mol. The Bertz CT molecular complexity index is 278. The Labute approximate surface area is 93.5 Å². The standard InChI is InChI=1S/C11H15BrN2/c12-10-3-4-11(13-9-10)5-8-14-6-1-2-7-14/h3-4,9H,1-2,5-8H2. The van der Waals surface area contributed by atoms with E-state index in [0.717, 1.165) is 17.4 Å². The molecule has 1 aromatic rings. The van der Waals surface area contributed by atoms with Crippen molar-refractivity contribution in [3.8, 4) is 0 Å². The van der Waals surface area contributed by atoms with Crippen LogP contribution in [0.25, 0.3) is 0 Å². The summed E-state index contributed by atoms with van der Waals surface area (Å²) in [4.78, 5) is 6.88. The minimum Gasteiger partial charge on any atom is -0.303 e. The first-order valence-corrected chi connectivity index (χ1v) is 5.97. The second kappa shape index (κ2) is 4.89. The van der Waals surface area contributed by atoms with Gasteiger partial charge in [0, 0.05) is 29.3 Å². The molecule has 3 heteroatoms. The molecular weight excluding hydrogens is 240 g/mol. The predicted octanol–water partition coefficient (Wildman–Crippen LogP) is 2.48. The number of likely N-dealkylation sites (tertiary alicyclic amines) is 1. The zero-order chi connectivity index (χ0) is 9.80. The molecule has 1 aliphatic rings. The van der Waals surface area contributed by atoms with Crippen LogP contribution >= 0.6 is 15.9 Å². The van der Waals surface area contributed by atoms with E-state index in [-0.39, 0.29) is 0 Å². The lowest BCUT2D eigenvalue weighted by Gasteiger charge is -2.13. The van der Waals surface area contributed by atoms with Gasteiger partial charge in [0.1, 0.15) is 0 Å². The smallest absolute Gasteiger partial charge is 0.0417 e. The van der Waals surface area contributed by atoms with Gasteiger partial charge in [-0.3, -0.25) is 4.98 Å². The summed E-state index contributed by atoms with van der Waals surface area (Å²) in [5, 5.41) is 0. The van der Waals surface area contributed by atoms with E-state index in [1.54, 1.807) is 0 Å². The van der Waals surface area contributed by atoms with Gasteiger partial charge in [-0.15, -0.1) is 0 Å². The van der Waals surface area contributed by atoms with E-state index in [1.807, 2.05) is 6.20 Å². The topological polar surface area (TPSA) is 16.1 Å². The van der Waals surface area contributed by atoms with Crippen molar-refractivity contribution in [1.29, 1.82) is 0 Å². The van der Waals surface area contributed by atoms with E-state index in [0.29, 0.717) is 0 Å². The lowest BCUT2D eigenvalue weighted by atomic mass is 10.2. The number of pyridine rings is 1. The zero-order valence-electron chi connectivity index (χ0n) is 8.25. The average Bonchev–Trinajstić information content (AvgIpc) is 2.70. The first-order chi connectivity index (χ1) is 6.84.